The van der Waals surface area contributed by atoms with Gasteiger partial charge in [0.25, 0.3) is 5.17 Å². The summed E-state index contributed by atoms with van der Waals surface area (Å²) in [7, 11) is 3.40. The molecular formula is C18H22N2O4S. The van der Waals surface area contributed by atoms with E-state index in [1.165, 1.54) is 0 Å². The van der Waals surface area contributed by atoms with Crippen molar-refractivity contribution in [2.75, 3.05) is 20.7 Å². The van der Waals surface area contributed by atoms with Crippen LogP contribution in [0.1, 0.15) is 24.0 Å². The largest absolute Gasteiger partial charge is 0.493 e. The Morgan fingerprint density at radius 1 is 1.48 bits per heavy atom. The van der Waals surface area contributed by atoms with E-state index < -0.39 is 6.10 Å². The summed E-state index contributed by atoms with van der Waals surface area (Å²) in [6, 6.07) is 3.99. The topological polar surface area (TPSA) is 63.2 Å². The third-order valence-electron chi connectivity index (χ3n) is 5.34. The van der Waals surface area contributed by atoms with Crippen molar-refractivity contribution in [3.8, 4) is 11.5 Å². The summed E-state index contributed by atoms with van der Waals surface area (Å²) in [6.07, 6.45) is 4.80. The maximum absolute atomic E-state index is 10.1. The second-order valence-corrected chi connectivity index (χ2v) is 7.05. The van der Waals surface area contributed by atoms with E-state index in [0.29, 0.717) is 24.7 Å². The number of rotatable bonds is 2. The summed E-state index contributed by atoms with van der Waals surface area (Å²) in [5, 5.41) is 15.2. The Morgan fingerprint density at radius 3 is 3.08 bits per heavy atom. The Morgan fingerprint density at radius 2 is 2.32 bits per heavy atom. The summed E-state index contributed by atoms with van der Waals surface area (Å²) < 4.78 is 11.8. The molecule has 3 atom stereocenters. The van der Waals surface area contributed by atoms with Crippen molar-refractivity contribution in [1.82, 2.24) is 10.4 Å². The SMILES string of the molecule is CNC(=S)ON1CC[C@@]23C=C[C@@H](O)C[C@@H]2Oc2c(OC)ccc(c23)C1. The van der Waals surface area contributed by atoms with Gasteiger partial charge in [-0.3, -0.25) is 0 Å². The fourth-order valence-electron chi connectivity index (χ4n) is 4.15. The van der Waals surface area contributed by atoms with Crippen LogP contribution in [0.2, 0.25) is 0 Å². The first kappa shape index (κ1) is 16.6. The molecule has 1 aliphatic carbocycles. The lowest BCUT2D eigenvalue weighted by Crippen LogP contribution is -2.43. The van der Waals surface area contributed by atoms with Crippen LogP contribution in [0.3, 0.4) is 0 Å². The van der Waals surface area contributed by atoms with Gasteiger partial charge in [-0.2, -0.15) is 0 Å². The third-order valence-corrected chi connectivity index (χ3v) is 5.62. The maximum atomic E-state index is 10.1. The Kier molecular flexibility index (Phi) is 4.10. The minimum absolute atomic E-state index is 0.103. The maximum Gasteiger partial charge on any atom is 0.278 e. The highest BCUT2D eigenvalue weighted by Crippen LogP contribution is 2.55. The number of thiocarbonyl (C=S) groups is 1. The molecule has 0 bridgehead atoms. The highest BCUT2D eigenvalue weighted by atomic mass is 32.1. The summed E-state index contributed by atoms with van der Waals surface area (Å²) in [5.74, 6) is 1.53. The highest BCUT2D eigenvalue weighted by molar-refractivity contribution is 7.80. The third kappa shape index (κ3) is 2.58. The normalized spacial score (nSPS) is 29.9. The molecule has 0 radical (unpaired) electrons. The van der Waals surface area contributed by atoms with Crippen LogP contribution in [0, 0.1) is 0 Å². The fourth-order valence-corrected chi connectivity index (χ4v) is 4.26. The van der Waals surface area contributed by atoms with Crippen LogP contribution in [0.25, 0.3) is 0 Å². The van der Waals surface area contributed by atoms with Crippen molar-refractivity contribution in [2.45, 2.75) is 37.0 Å². The Bertz CT molecular complexity index is 738. The second kappa shape index (κ2) is 6.16. The number of hydroxylamine groups is 2. The molecule has 3 aliphatic rings. The van der Waals surface area contributed by atoms with E-state index in [-0.39, 0.29) is 11.5 Å². The number of hydrogen-bond acceptors (Lipinski definition) is 6. The lowest BCUT2D eigenvalue weighted by atomic mass is 9.69. The van der Waals surface area contributed by atoms with Gasteiger partial charge in [-0.1, -0.05) is 18.2 Å². The summed E-state index contributed by atoms with van der Waals surface area (Å²) in [6.45, 7) is 1.32. The quantitative estimate of drug-likeness (QED) is 0.613. The molecular weight excluding hydrogens is 340 g/mol. The van der Waals surface area contributed by atoms with Gasteiger partial charge >= 0.3 is 0 Å². The molecule has 0 aromatic heterocycles. The number of nitrogens with one attached hydrogen (secondary N) is 1. The molecule has 2 heterocycles. The standard InChI is InChI=1S/C18H22N2O4S/c1-19-17(25)24-20-8-7-18-6-5-12(21)9-14(18)23-16-13(22-2)4-3-11(10-20)15(16)18/h3-6,12,14,21H,7-10H2,1-2H3,(H,19,25)/t12-,14+,18+/m1/s1. The zero-order valence-electron chi connectivity index (χ0n) is 14.3. The average molecular weight is 362 g/mol. The van der Waals surface area contributed by atoms with Crippen molar-refractivity contribution >= 4 is 17.4 Å². The van der Waals surface area contributed by atoms with Gasteiger partial charge in [0.05, 0.1) is 25.2 Å². The van der Waals surface area contributed by atoms with Crippen LogP contribution in [0.15, 0.2) is 24.3 Å². The summed E-state index contributed by atoms with van der Waals surface area (Å²) in [5.41, 5.74) is 2.02. The van der Waals surface area contributed by atoms with E-state index in [4.69, 9.17) is 26.5 Å². The zero-order chi connectivity index (χ0) is 17.6. The number of hydrogen-bond donors (Lipinski definition) is 2. The van der Waals surface area contributed by atoms with E-state index in [0.717, 1.165) is 29.0 Å². The summed E-state index contributed by atoms with van der Waals surface area (Å²) >= 11 is 5.15. The minimum atomic E-state index is -0.480. The van der Waals surface area contributed by atoms with Crippen molar-refractivity contribution < 1.29 is 19.4 Å². The van der Waals surface area contributed by atoms with Gasteiger partial charge in [0.15, 0.2) is 11.5 Å². The van der Waals surface area contributed by atoms with Crippen molar-refractivity contribution in [2.24, 2.45) is 0 Å². The molecule has 2 aliphatic heterocycles. The summed E-state index contributed by atoms with van der Waals surface area (Å²) in [4.78, 5) is 5.75. The smallest absolute Gasteiger partial charge is 0.278 e. The van der Waals surface area contributed by atoms with Crippen LogP contribution >= 0.6 is 12.2 Å². The molecule has 1 aromatic carbocycles. The predicted octanol–water partition coefficient (Wildman–Crippen LogP) is 1.66. The molecule has 6 nitrogen and oxygen atoms in total. The number of aliphatic hydroxyl groups excluding tert-OH is 1. The first-order valence-corrected chi connectivity index (χ1v) is 8.87. The fraction of sp³-hybridized carbons (Fsp3) is 0.500. The highest BCUT2D eigenvalue weighted by Gasteiger charge is 2.53. The average Bonchev–Trinajstić information content (AvgIpc) is 2.85. The van der Waals surface area contributed by atoms with Gasteiger partial charge < -0.3 is 24.7 Å². The van der Waals surface area contributed by atoms with Gasteiger partial charge in [-0.05, 0) is 30.3 Å². The van der Waals surface area contributed by atoms with Crippen molar-refractivity contribution in [3.05, 3.63) is 35.4 Å². The molecule has 0 unspecified atom stereocenters. The second-order valence-electron chi connectivity index (χ2n) is 6.68. The van der Waals surface area contributed by atoms with Crippen LogP contribution in [-0.2, 0) is 16.8 Å². The number of ether oxygens (including phenoxy) is 2. The van der Waals surface area contributed by atoms with Gasteiger partial charge in [0, 0.05) is 25.6 Å². The van der Waals surface area contributed by atoms with Crippen LogP contribution < -0.4 is 14.8 Å². The van der Waals surface area contributed by atoms with E-state index in [9.17, 15) is 5.11 Å². The molecule has 1 spiro atoms. The van der Waals surface area contributed by atoms with Gasteiger partial charge in [0.2, 0.25) is 0 Å². The molecule has 0 saturated heterocycles. The molecule has 0 fully saturated rings. The molecule has 0 amide bonds. The van der Waals surface area contributed by atoms with Crippen LogP contribution in [0.4, 0.5) is 0 Å². The molecule has 0 saturated carbocycles. The first-order chi connectivity index (χ1) is 12.1. The van der Waals surface area contributed by atoms with E-state index in [2.05, 4.69) is 17.5 Å². The molecule has 134 valence electrons. The van der Waals surface area contributed by atoms with Gasteiger partial charge in [0.1, 0.15) is 6.10 Å². The number of nitrogens with zero attached hydrogens (tertiary/aromatic N) is 1. The minimum Gasteiger partial charge on any atom is -0.493 e. The van der Waals surface area contributed by atoms with Gasteiger partial charge in [-0.25, -0.2) is 0 Å². The molecule has 1 aromatic rings. The molecule has 2 N–H and O–H groups in total. The van der Waals surface area contributed by atoms with Gasteiger partial charge in [-0.15, -0.1) is 5.06 Å². The van der Waals surface area contributed by atoms with E-state index in [1.54, 1.807) is 14.2 Å². The van der Waals surface area contributed by atoms with Crippen molar-refractivity contribution in [3.63, 3.8) is 0 Å². The van der Waals surface area contributed by atoms with Crippen LogP contribution in [-0.4, -0.2) is 48.3 Å². The molecule has 4 rings (SSSR count). The lowest BCUT2D eigenvalue weighted by molar-refractivity contribution is -0.0842. The Balaban J connectivity index is 1.80. The number of aliphatic hydroxyl groups is 1. The zero-order valence-corrected chi connectivity index (χ0v) is 15.1. The van der Waals surface area contributed by atoms with Crippen LogP contribution in [0.5, 0.6) is 11.5 Å². The lowest BCUT2D eigenvalue weighted by Gasteiger charge is -2.35. The monoisotopic (exact) mass is 362 g/mol. The molecule has 25 heavy (non-hydrogen) atoms. The first-order valence-electron chi connectivity index (χ1n) is 8.46. The Hall–Kier alpha value is -1.83. The van der Waals surface area contributed by atoms with E-state index >= 15 is 0 Å². The predicted molar refractivity (Wildman–Crippen MR) is 96.6 cm³/mol. The number of methoxy groups -OCH3 is 1. The van der Waals surface area contributed by atoms with Crippen molar-refractivity contribution in [1.29, 1.82) is 0 Å². The van der Waals surface area contributed by atoms with E-state index in [1.807, 2.05) is 17.2 Å². The molecule has 7 heteroatoms. The Labute approximate surface area is 152 Å². The number of benzene rings is 1.